The van der Waals surface area contributed by atoms with Gasteiger partial charge in [0.25, 0.3) is 0 Å². The fourth-order valence-corrected chi connectivity index (χ4v) is 4.07. The molecule has 2 heterocycles. The predicted molar refractivity (Wildman–Crippen MR) is 118 cm³/mol. The third kappa shape index (κ3) is 4.76. The van der Waals surface area contributed by atoms with Gasteiger partial charge in [0.05, 0.1) is 18.7 Å². The number of hydrogen-bond acceptors (Lipinski definition) is 4. The van der Waals surface area contributed by atoms with Crippen LogP contribution in [-0.4, -0.2) is 15.9 Å². The molecule has 0 fully saturated rings. The molecule has 2 aromatic heterocycles. The molecular formula is C24H21N3OS. The fraction of sp³-hybridized carbons (Fsp3) is 0.125. The van der Waals surface area contributed by atoms with Crippen molar-refractivity contribution in [1.82, 2.24) is 15.3 Å². The molecule has 144 valence electrons. The fourth-order valence-electron chi connectivity index (χ4n) is 3.08. The zero-order valence-corrected chi connectivity index (χ0v) is 16.9. The number of hydrogen-bond donors (Lipinski definition) is 1. The van der Waals surface area contributed by atoms with E-state index in [-0.39, 0.29) is 5.91 Å². The van der Waals surface area contributed by atoms with Gasteiger partial charge in [0.1, 0.15) is 5.01 Å². The standard InChI is InChI=1S/C24H21N3OS/c1-17-22(29-24(27-17)21-8-5-13-25-15-21)16-26-23(28)14-18-9-11-20(12-10-18)19-6-3-2-4-7-19/h2-13,15H,14,16H2,1H3,(H,26,28). The van der Waals surface area contributed by atoms with Crippen molar-refractivity contribution in [1.29, 1.82) is 0 Å². The molecule has 0 aliphatic heterocycles. The summed E-state index contributed by atoms with van der Waals surface area (Å²) in [6.45, 7) is 2.46. The highest BCUT2D eigenvalue weighted by atomic mass is 32.1. The molecule has 0 aliphatic rings. The smallest absolute Gasteiger partial charge is 0.224 e. The number of amides is 1. The number of aromatic nitrogens is 2. The van der Waals surface area contributed by atoms with Gasteiger partial charge in [-0.2, -0.15) is 0 Å². The van der Waals surface area contributed by atoms with E-state index in [2.05, 4.69) is 39.6 Å². The Morgan fingerprint density at radius 3 is 2.38 bits per heavy atom. The molecule has 5 heteroatoms. The molecule has 4 rings (SSSR count). The number of nitrogens with zero attached hydrogens (tertiary/aromatic N) is 2. The summed E-state index contributed by atoms with van der Waals surface area (Å²) in [5.74, 6) is 0.00758. The van der Waals surface area contributed by atoms with E-state index < -0.39 is 0 Å². The van der Waals surface area contributed by atoms with E-state index >= 15 is 0 Å². The van der Waals surface area contributed by atoms with Crippen LogP contribution in [0, 0.1) is 6.92 Å². The Hall–Kier alpha value is -3.31. The molecule has 2 aromatic carbocycles. The van der Waals surface area contributed by atoms with Gasteiger partial charge in [-0.25, -0.2) is 4.98 Å². The first-order valence-electron chi connectivity index (χ1n) is 9.47. The number of aryl methyl sites for hydroxylation is 1. The maximum Gasteiger partial charge on any atom is 0.224 e. The maximum absolute atomic E-state index is 12.4. The van der Waals surface area contributed by atoms with Crippen LogP contribution in [0.25, 0.3) is 21.7 Å². The third-order valence-corrected chi connectivity index (χ3v) is 5.88. The predicted octanol–water partition coefficient (Wildman–Crippen LogP) is 5.04. The lowest BCUT2D eigenvalue weighted by molar-refractivity contribution is -0.120. The van der Waals surface area contributed by atoms with Gasteiger partial charge in [0.2, 0.25) is 5.91 Å². The van der Waals surface area contributed by atoms with Crippen molar-refractivity contribution in [3.63, 3.8) is 0 Å². The summed E-state index contributed by atoms with van der Waals surface area (Å²) < 4.78 is 0. The Labute approximate surface area is 174 Å². The highest BCUT2D eigenvalue weighted by molar-refractivity contribution is 7.15. The maximum atomic E-state index is 12.4. The van der Waals surface area contributed by atoms with E-state index in [0.717, 1.165) is 32.3 Å². The van der Waals surface area contributed by atoms with E-state index in [9.17, 15) is 4.79 Å². The molecule has 0 atom stereocenters. The minimum Gasteiger partial charge on any atom is -0.351 e. The van der Waals surface area contributed by atoms with Gasteiger partial charge in [-0.05, 0) is 35.7 Å². The molecular weight excluding hydrogens is 378 g/mol. The van der Waals surface area contributed by atoms with Crippen molar-refractivity contribution in [3.05, 3.63) is 95.3 Å². The van der Waals surface area contributed by atoms with E-state index in [1.165, 1.54) is 5.56 Å². The largest absolute Gasteiger partial charge is 0.351 e. The van der Waals surface area contributed by atoms with E-state index in [0.29, 0.717) is 13.0 Å². The van der Waals surface area contributed by atoms with Crippen LogP contribution in [0.4, 0.5) is 0 Å². The Kier molecular flexibility index (Phi) is 5.77. The van der Waals surface area contributed by atoms with Gasteiger partial charge in [-0.3, -0.25) is 9.78 Å². The summed E-state index contributed by atoms with van der Waals surface area (Å²) in [4.78, 5) is 22.2. The summed E-state index contributed by atoms with van der Waals surface area (Å²) >= 11 is 1.59. The summed E-state index contributed by atoms with van der Waals surface area (Å²) in [7, 11) is 0. The van der Waals surface area contributed by atoms with Gasteiger partial charge in [-0.1, -0.05) is 54.6 Å². The minimum atomic E-state index is 0.00758. The van der Waals surface area contributed by atoms with Gasteiger partial charge >= 0.3 is 0 Å². The quantitative estimate of drug-likeness (QED) is 0.494. The van der Waals surface area contributed by atoms with Gasteiger partial charge in [0, 0.05) is 22.8 Å². The number of carbonyl (C=O) groups excluding carboxylic acids is 1. The lowest BCUT2D eigenvalue weighted by atomic mass is 10.0. The van der Waals surface area contributed by atoms with Gasteiger partial charge in [0.15, 0.2) is 0 Å². The normalized spacial score (nSPS) is 10.7. The lowest BCUT2D eigenvalue weighted by Crippen LogP contribution is -2.24. The number of pyridine rings is 1. The van der Waals surface area contributed by atoms with Crippen molar-refractivity contribution in [2.24, 2.45) is 0 Å². The highest BCUT2D eigenvalue weighted by Gasteiger charge is 2.11. The molecule has 4 aromatic rings. The molecule has 0 unspecified atom stereocenters. The average molecular weight is 400 g/mol. The molecule has 1 amide bonds. The second kappa shape index (κ2) is 8.80. The number of thiazole rings is 1. The Bertz CT molecular complexity index is 1090. The average Bonchev–Trinajstić information content (AvgIpc) is 3.15. The molecule has 0 radical (unpaired) electrons. The number of rotatable bonds is 6. The summed E-state index contributed by atoms with van der Waals surface area (Å²) in [6.07, 6.45) is 3.92. The zero-order valence-electron chi connectivity index (χ0n) is 16.1. The number of nitrogens with one attached hydrogen (secondary N) is 1. The van der Waals surface area contributed by atoms with E-state index in [1.54, 1.807) is 23.7 Å². The van der Waals surface area contributed by atoms with Crippen LogP contribution in [0.1, 0.15) is 16.1 Å². The summed E-state index contributed by atoms with van der Waals surface area (Å²) in [5, 5.41) is 3.94. The molecule has 0 bridgehead atoms. The summed E-state index contributed by atoms with van der Waals surface area (Å²) in [6, 6.07) is 22.3. The van der Waals surface area contributed by atoms with Crippen LogP contribution in [0.3, 0.4) is 0 Å². The van der Waals surface area contributed by atoms with Crippen LogP contribution in [0.2, 0.25) is 0 Å². The molecule has 0 aliphatic carbocycles. The van der Waals surface area contributed by atoms with Crippen molar-refractivity contribution in [2.75, 3.05) is 0 Å². The van der Waals surface area contributed by atoms with Crippen LogP contribution in [-0.2, 0) is 17.8 Å². The van der Waals surface area contributed by atoms with Crippen molar-refractivity contribution in [2.45, 2.75) is 19.9 Å². The Morgan fingerprint density at radius 1 is 0.931 bits per heavy atom. The van der Waals surface area contributed by atoms with Crippen molar-refractivity contribution >= 4 is 17.2 Å². The van der Waals surface area contributed by atoms with Crippen LogP contribution < -0.4 is 5.32 Å². The van der Waals surface area contributed by atoms with Gasteiger partial charge in [-0.15, -0.1) is 11.3 Å². The zero-order chi connectivity index (χ0) is 20.1. The minimum absolute atomic E-state index is 0.00758. The second-order valence-corrected chi connectivity index (χ2v) is 7.87. The van der Waals surface area contributed by atoms with Crippen LogP contribution in [0.5, 0.6) is 0 Å². The van der Waals surface area contributed by atoms with E-state index in [1.807, 2.05) is 49.4 Å². The van der Waals surface area contributed by atoms with Crippen molar-refractivity contribution < 1.29 is 4.79 Å². The molecule has 0 spiro atoms. The van der Waals surface area contributed by atoms with E-state index in [4.69, 9.17) is 0 Å². The van der Waals surface area contributed by atoms with Gasteiger partial charge < -0.3 is 5.32 Å². The first-order valence-corrected chi connectivity index (χ1v) is 10.3. The Balaban J connectivity index is 1.35. The SMILES string of the molecule is Cc1nc(-c2cccnc2)sc1CNC(=O)Cc1ccc(-c2ccccc2)cc1. The first kappa shape index (κ1) is 19.0. The van der Waals surface area contributed by atoms with Crippen LogP contribution in [0.15, 0.2) is 79.1 Å². The van der Waals surface area contributed by atoms with Crippen molar-refractivity contribution in [3.8, 4) is 21.7 Å². The number of benzene rings is 2. The first-order chi connectivity index (χ1) is 14.2. The molecule has 4 nitrogen and oxygen atoms in total. The topological polar surface area (TPSA) is 54.9 Å². The summed E-state index contributed by atoms with van der Waals surface area (Å²) in [5.41, 5.74) is 5.27. The monoisotopic (exact) mass is 399 g/mol. The Morgan fingerprint density at radius 2 is 1.66 bits per heavy atom. The highest BCUT2D eigenvalue weighted by Crippen LogP contribution is 2.27. The van der Waals surface area contributed by atoms with Crippen LogP contribution >= 0.6 is 11.3 Å². The second-order valence-electron chi connectivity index (χ2n) is 6.79. The molecule has 29 heavy (non-hydrogen) atoms. The molecule has 0 saturated carbocycles. The lowest BCUT2D eigenvalue weighted by Gasteiger charge is -2.06. The third-order valence-electron chi connectivity index (χ3n) is 4.67. The molecule has 0 saturated heterocycles. The number of carbonyl (C=O) groups is 1. The molecule has 1 N–H and O–H groups in total.